The van der Waals surface area contributed by atoms with Crippen LogP contribution in [0.1, 0.15) is 5.56 Å². The second-order valence-electron chi connectivity index (χ2n) is 4.09. The Labute approximate surface area is 96.3 Å². The van der Waals surface area contributed by atoms with E-state index in [0.717, 1.165) is 5.76 Å². The molecule has 0 unspecified atom stereocenters. The molecule has 4 heteroatoms. The second-order valence-corrected chi connectivity index (χ2v) is 4.09. The monoisotopic (exact) mass is 228 g/mol. The van der Waals surface area contributed by atoms with Gasteiger partial charge in [-0.2, -0.15) is 0 Å². The summed E-state index contributed by atoms with van der Waals surface area (Å²) in [6.45, 7) is 0.313. The van der Waals surface area contributed by atoms with E-state index in [2.05, 4.69) is 0 Å². The molecule has 2 aromatic carbocycles. The van der Waals surface area contributed by atoms with Gasteiger partial charge in [0, 0.05) is 10.8 Å². The molecule has 0 saturated carbocycles. The van der Waals surface area contributed by atoms with Gasteiger partial charge in [0.25, 0.3) is 0 Å². The molecule has 2 aliphatic rings. The minimum absolute atomic E-state index is 0.0513. The number of phenols is 2. The van der Waals surface area contributed by atoms with Gasteiger partial charge in [-0.1, -0.05) is 24.3 Å². The van der Waals surface area contributed by atoms with Crippen LogP contribution < -0.4 is 4.74 Å². The number of phenolic OH excluding ortho intramolecular Hbond substituents is 2. The first kappa shape index (κ1) is 8.75. The number of hydrogen-bond donors (Lipinski definition) is 2. The summed E-state index contributed by atoms with van der Waals surface area (Å²) in [6, 6.07) is 7.10. The molecule has 0 spiro atoms. The van der Waals surface area contributed by atoms with Gasteiger partial charge in [-0.25, -0.2) is 0 Å². The lowest BCUT2D eigenvalue weighted by atomic mass is 10.0. The van der Waals surface area contributed by atoms with Crippen molar-refractivity contribution in [3.8, 4) is 17.2 Å². The average molecular weight is 228 g/mol. The van der Waals surface area contributed by atoms with Crippen LogP contribution in [0.5, 0.6) is 17.2 Å². The highest BCUT2D eigenvalue weighted by molar-refractivity contribution is 6.01. The predicted octanol–water partition coefficient (Wildman–Crippen LogP) is 2.34. The maximum absolute atomic E-state index is 10.2. The summed E-state index contributed by atoms with van der Waals surface area (Å²) in [5.41, 5.74) is 0.461. The van der Waals surface area contributed by atoms with Crippen molar-refractivity contribution in [1.82, 2.24) is 0 Å². The molecule has 0 aromatic heterocycles. The van der Waals surface area contributed by atoms with Crippen LogP contribution in [-0.2, 0) is 4.74 Å². The van der Waals surface area contributed by atoms with E-state index in [1.54, 1.807) is 24.3 Å². The van der Waals surface area contributed by atoms with Crippen LogP contribution >= 0.6 is 0 Å². The van der Waals surface area contributed by atoms with Crippen molar-refractivity contribution in [2.24, 2.45) is 0 Å². The summed E-state index contributed by atoms with van der Waals surface area (Å²) in [7, 11) is 0. The van der Waals surface area contributed by atoms with Gasteiger partial charge in [-0.15, -0.1) is 0 Å². The molecule has 17 heavy (non-hydrogen) atoms. The summed E-state index contributed by atoms with van der Waals surface area (Å²) in [4.78, 5) is 0. The molecular weight excluding hydrogens is 220 g/mol. The molecule has 4 nitrogen and oxygen atoms in total. The zero-order valence-corrected chi connectivity index (χ0v) is 8.73. The largest absolute Gasteiger partial charge is 0.506 e. The average Bonchev–Trinajstić information content (AvgIpc) is 3.14. The quantitative estimate of drug-likeness (QED) is 0.679. The fraction of sp³-hybridized carbons (Fsp3) is 0.0769. The van der Waals surface area contributed by atoms with Gasteiger partial charge in [-0.05, 0) is 0 Å². The van der Waals surface area contributed by atoms with Gasteiger partial charge in [0.15, 0.2) is 23.0 Å². The number of aromatic hydroxyl groups is 2. The van der Waals surface area contributed by atoms with Crippen LogP contribution in [0.2, 0.25) is 0 Å². The van der Waals surface area contributed by atoms with E-state index >= 15 is 0 Å². The van der Waals surface area contributed by atoms with Crippen molar-refractivity contribution in [2.45, 2.75) is 0 Å². The van der Waals surface area contributed by atoms with Gasteiger partial charge >= 0.3 is 0 Å². The maximum atomic E-state index is 10.2. The van der Waals surface area contributed by atoms with Gasteiger partial charge in [0.1, 0.15) is 17.9 Å². The number of fused-ring (bicyclic) bond motifs is 3. The van der Waals surface area contributed by atoms with Crippen LogP contribution in [0, 0.1) is 0 Å². The highest BCUT2D eigenvalue weighted by Gasteiger charge is 2.39. The lowest BCUT2D eigenvalue weighted by Crippen LogP contribution is -2.01. The predicted molar refractivity (Wildman–Crippen MR) is 60.8 cm³/mol. The molecule has 0 atom stereocenters. The van der Waals surface area contributed by atoms with E-state index in [9.17, 15) is 10.2 Å². The van der Waals surface area contributed by atoms with Gasteiger partial charge < -0.3 is 19.7 Å². The fourth-order valence-electron chi connectivity index (χ4n) is 2.25. The number of rotatable bonds is 0. The van der Waals surface area contributed by atoms with E-state index in [1.165, 1.54) is 0 Å². The first-order valence-corrected chi connectivity index (χ1v) is 5.28. The molecule has 4 rings (SSSR count). The summed E-state index contributed by atoms with van der Waals surface area (Å²) in [5.74, 6) is 1.80. The molecule has 2 aromatic rings. The van der Waals surface area contributed by atoms with Gasteiger partial charge in [0.2, 0.25) is 0 Å². The highest BCUT2D eigenvalue weighted by Crippen LogP contribution is 2.55. The Morgan fingerprint density at radius 2 is 1.71 bits per heavy atom. The zero-order valence-electron chi connectivity index (χ0n) is 8.73. The topological polar surface area (TPSA) is 62.2 Å². The first-order chi connectivity index (χ1) is 8.27. The molecule has 0 saturated heterocycles. The lowest BCUT2D eigenvalue weighted by molar-refractivity contribution is 0.308. The minimum Gasteiger partial charge on any atom is -0.506 e. The van der Waals surface area contributed by atoms with Crippen LogP contribution in [0.15, 0.2) is 30.0 Å². The number of hydrogen-bond acceptors (Lipinski definition) is 4. The van der Waals surface area contributed by atoms with E-state index in [1.807, 2.05) is 0 Å². The SMILES string of the molecule is Oc1c2c(c(O)c3ccccc13)C1=C(CO2)O1. The molecule has 0 bridgehead atoms. The Hall–Kier alpha value is -2.36. The van der Waals surface area contributed by atoms with E-state index in [0.29, 0.717) is 34.5 Å². The molecule has 84 valence electrons. The van der Waals surface area contributed by atoms with Crippen LogP contribution in [0.3, 0.4) is 0 Å². The van der Waals surface area contributed by atoms with Crippen molar-refractivity contribution < 1.29 is 19.7 Å². The van der Waals surface area contributed by atoms with Crippen LogP contribution in [-0.4, -0.2) is 16.8 Å². The third kappa shape index (κ3) is 0.970. The molecule has 2 aliphatic heterocycles. The van der Waals surface area contributed by atoms with E-state index < -0.39 is 0 Å². The third-order valence-corrected chi connectivity index (χ3v) is 3.13. The number of benzene rings is 2. The van der Waals surface area contributed by atoms with E-state index in [4.69, 9.17) is 9.47 Å². The first-order valence-electron chi connectivity index (χ1n) is 5.28. The van der Waals surface area contributed by atoms with Crippen LogP contribution in [0.25, 0.3) is 16.5 Å². The smallest absolute Gasteiger partial charge is 0.185 e. The summed E-state index contributed by atoms with van der Waals surface area (Å²) in [6.07, 6.45) is 0. The molecule has 0 amide bonds. The molecule has 0 radical (unpaired) electrons. The molecule has 0 aliphatic carbocycles. The Balaban J connectivity index is 2.20. The van der Waals surface area contributed by atoms with Crippen molar-refractivity contribution in [2.75, 3.05) is 6.61 Å². The second kappa shape index (κ2) is 2.66. The lowest BCUT2D eigenvalue weighted by Gasteiger charge is -2.14. The third-order valence-electron chi connectivity index (χ3n) is 3.13. The van der Waals surface area contributed by atoms with E-state index in [-0.39, 0.29) is 11.5 Å². The molecule has 2 heterocycles. The van der Waals surface area contributed by atoms with Gasteiger partial charge in [0.05, 0.1) is 0 Å². The molecular formula is C13H8O4. The van der Waals surface area contributed by atoms with Crippen molar-refractivity contribution in [3.05, 3.63) is 35.6 Å². The Bertz CT molecular complexity index is 700. The normalized spacial score (nSPS) is 16.0. The Kier molecular flexibility index (Phi) is 1.37. The Morgan fingerprint density at radius 1 is 1.00 bits per heavy atom. The van der Waals surface area contributed by atoms with Crippen LogP contribution in [0.4, 0.5) is 0 Å². The summed E-state index contributed by atoms with van der Waals surface area (Å²) >= 11 is 0. The number of ether oxygens (including phenoxy) is 2. The minimum atomic E-state index is 0.0513. The standard InChI is InChI=1S/C13H8O4/c14-10-6-3-1-2-4-7(6)11(15)13-9(10)12-8(17-12)5-16-13/h1-4,14-15H,5H2. The maximum Gasteiger partial charge on any atom is 0.185 e. The summed E-state index contributed by atoms with van der Waals surface area (Å²) in [5, 5.41) is 21.5. The molecule has 0 fully saturated rings. The van der Waals surface area contributed by atoms with Crippen molar-refractivity contribution in [3.63, 3.8) is 0 Å². The highest BCUT2D eigenvalue weighted by atomic mass is 16.6. The van der Waals surface area contributed by atoms with Crippen molar-refractivity contribution in [1.29, 1.82) is 0 Å². The zero-order chi connectivity index (χ0) is 11.6. The van der Waals surface area contributed by atoms with Crippen molar-refractivity contribution >= 4 is 16.5 Å². The van der Waals surface area contributed by atoms with Gasteiger partial charge in [-0.3, -0.25) is 0 Å². The summed E-state index contributed by atoms with van der Waals surface area (Å²) < 4.78 is 10.6. The fourth-order valence-corrected chi connectivity index (χ4v) is 2.25. The Morgan fingerprint density at radius 3 is 2.47 bits per heavy atom. The molecule has 2 N–H and O–H groups in total.